The number of piperidine rings is 1. The molecule has 2 aromatic carbocycles. The van der Waals surface area contributed by atoms with Gasteiger partial charge in [-0.25, -0.2) is 8.42 Å². The van der Waals surface area contributed by atoms with Gasteiger partial charge in [-0.2, -0.15) is 4.31 Å². The molecule has 1 saturated heterocycles. The standard InChI is InChI=1S/C25H31N3O4S/c1-17-6-8-20(9-7-17)15-26-25(30)21-5-4-12-27(16-21)33(31,32)23-10-11-24-22(14-23)13-18(2)28(24)19(3)29/h6-11,14,18,21H,4-5,12-13,15-16H2,1-3H3,(H,26,30)/t18-,21-/m1/s1. The van der Waals surface area contributed by atoms with Gasteiger partial charge in [0.05, 0.1) is 10.8 Å². The van der Waals surface area contributed by atoms with Crippen LogP contribution in [0.15, 0.2) is 47.4 Å². The number of amides is 2. The summed E-state index contributed by atoms with van der Waals surface area (Å²) in [6.45, 7) is 6.50. The monoisotopic (exact) mass is 469 g/mol. The van der Waals surface area contributed by atoms with Gasteiger partial charge < -0.3 is 10.2 Å². The Kier molecular flexibility index (Phi) is 6.59. The molecule has 0 spiro atoms. The van der Waals surface area contributed by atoms with Crippen LogP contribution in [0.1, 0.15) is 43.4 Å². The molecule has 1 N–H and O–H groups in total. The molecule has 33 heavy (non-hydrogen) atoms. The first kappa shape index (κ1) is 23.4. The van der Waals surface area contributed by atoms with E-state index in [1.807, 2.05) is 38.1 Å². The van der Waals surface area contributed by atoms with Crippen molar-refractivity contribution in [3.63, 3.8) is 0 Å². The molecule has 0 aromatic heterocycles. The van der Waals surface area contributed by atoms with Crippen LogP contribution in [-0.4, -0.2) is 43.7 Å². The van der Waals surface area contributed by atoms with Gasteiger partial charge in [0.1, 0.15) is 0 Å². The van der Waals surface area contributed by atoms with E-state index in [4.69, 9.17) is 0 Å². The first-order valence-corrected chi connectivity index (χ1v) is 12.9. The van der Waals surface area contributed by atoms with Crippen LogP contribution in [0.2, 0.25) is 0 Å². The van der Waals surface area contributed by atoms with Crippen molar-refractivity contribution in [2.75, 3.05) is 18.0 Å². The van der Waals surface area contributed by atoms with Crippen LogP contribution in [0.4, 0.5) is 5.69 Å². The number of hydrogen-bond acceptors (Lipinski definition) is 4. The maximum Gasteiger partial charge on any atom is 0.243 e. The third-order valence-corrected chi connectivity index (χ3v) is 8.45. The van der Waals surface area contributed by atoms with E-state index >= 15 is 0 Å². The molecule has 7 nitrogen and oxygen atoms in total. The zero-order valence-electron chi connectivity index (χ0n) is 19.4. The molecule has 0 radical (unpaired) electrons. The Hall–Kier alpha value is -2.71. The van der Waals surface area contributed by atoms with Crippen molar-refractivity contribution in [2.45, 2.75) is 57.5 Å². The highest BCUT2D eigenvalue weighted by molar-refractivity contribution is 7.89. The van der Waals surface area contributed by atoms with Crippen LogP contribution < -0.4 is 10.2 Å². The summed E-state index contributed by atoms with van der Waals surface area (Å²) in [5.41, 5.74) is 3.82. The van der Waals surface area contributed by atoms with E-state index < -0.39 is 10.0 Å². The summed E-state index contributed by atoms with van der Waals surface area (Å²) in [5, 5.41) is 2.96. The first-order chi connectivity index (χ1) is 15.7. The van der Waals surface area contributed by atoms with Crippen LogP contribution >= 0.6 is 0 Å². The summed E-state index contributed by atoms with van der Waals surface area (Å²) >= 11 is 0. The highest BCUT2D eigenvalue weighted by Crippen LogP contribution is 2.35. The molecule has 8 heteroatoms. The summed E-state index contributed by atoms with van der Waals surface area (Å²) in [4.78, 5) is 26.7. The van der Waals surface area contributed by atoms with Crippen molar-refractivity contribution in [3.05, 3.63) is 59.2 Å². The lowest BCUT2D eigenvalue weighted by Gasteiger charge is -2.31. The number of carbonyl (C=O) groups is 2. The quantitative estimate of drug-likeness (QED) is 0.729. The minimum Gasteiger partial charge on any atom is -0.352 e. The average Bonchev–Trinajstić information content (AvgIpc) is 3.13. The summed E-state index contributed by atoms with van der Waals surface area (Å²) in [7, 11) is -3.73. The maximum absolute atomic E-state index is 13.4. The molecule has 0 unspecified atom stereocenters. The molecule has 2 aliphatic rings. The zero-order valence-corrected chi connectivity index (χ0v) is 20.2. The topological polar surface area (TPSA) is 86.8 Å². The summed E-state index contributed by atoms with van der Waals surface area (Å²) in [5.74, 6) is -0.538. The summed E-state index contributed by atoms with van der Waals surface area (Å²) < 4.78 is 28.2. The highest BCUT2D eigenvalue weighted by atomic mass is 32.2. The average molecular weight is 470 g/mol. The van der Waals surface area contributed by atoms with Gasteiger partial charge in [-0.1, -0.05) is 29.8 Å². The number of aryl methyl sites for hydroxylation is 1. The second-order valence-electron chi connectivity index (χ2n) is 9.14. The van der Waals surface area contributed by atoms with E-state index in [0.717, 1.165) is 22.4 Å². The Morgan fingerprint density at radius 2 is 1.85 bits per heavy atom. The third kappa shape index (κ3) is 4.82. The molecule has 2 amide bonds. The maximum atomic E-state index is 13.4. The molecule has 0 bridgehead atoms. The number of nitrogens with zero attached hydrogens (tertiary/aromatic N) is 2. The number of rotatable bonds is 5. The Morgan fingerprint density at radius 3 is 2.55 bits per heavy atom. The van der Waals surface area contributed by atoms with Crippen molar-refractivity contribution in [1.82, 2.24) is 9.62 Å². The first-order valence-electron chi connectivity index (χ1n) is 11.4. The van der Waals surface area contributed by atoms with Crippen molar-refractivity contribution in [2.24, 2.45) is 5.92 Å². The second-order valence-corrected chi connectivity index (χ2v) is 11.1. The van der Waals surface area contributed by atoms with Gasteiger partial charge in [-0.15, -0.1) is 0 Å². The van der Waals surface area contributed by atoms with Gasteiger partial charge in [0.15, 0.2) is 0 Å². The molecule has 4 rings (SSSR count). The minimum absolute atomic E-state index is 0.00652. The largest absolute Gasteiger partial charge is 0.352 e. The van der Waals surface area contributed by atoms with E-state index in [9.17, 15) is 18.0 Å². The third-order valence-electron chi connectivity index (χ3n) is 6.59. The molecular weight excluding hydrogens is 438 g/mol. The van der Waals surface area contributed by atoms with Crippen LogP contribution in [-0.2, 0) is 32.6 Å². The Balaban J connectivity index is 1.45. The summed E-state index contributed by atoms with van der Waals surface area (Å²) in [6.07, 6.45) is 1.94. The minimum atomic E-state index is -3.73. The van der Waals surface area contributed by atoms with Gasteiger partial charge in [-0.05, 0) is 62.4 Å². The normalized spacial score (nSPS) is 21.0. The number of anilines is 1. The van der Waals surface area contributed by atoms with Crippen molar-refractivity contribution < 1.29 is 18.0 Å². The van der Waals surface area contributed by atoms with Gasteiger partial charge in [0.25, 0.3) is 0 Å². The lowest BCUT2D eigenvalue weighted by Crippen LogP contribution is -2.45. The number of nitrogens with one attached hydrogen (secondary N) is 1. The predicted octanol–water partition coefficient (Wildman–Crippen LogP) is 3.01. The van der Waals surface area contributed by atoms with Crippen LogP contribution in [0, 0.1) is 12.8 Å². The number of hydrogen-bond donors (Lipinski definition) is 1. The van der Waals surface area contributed by atoms with Crippen molar-refractivity contribution in [3.8, 4) is 0 Å². The molecule has 2 aromatic rings. The van der Waals surface area contributed by atoms with E-state index in [0.29, 0.717) is 32.4 Å². The smallest absolute Gasteiger partial charge is 0.243 e. The van der Waals surface area contributed by atoms with Gasteiger partial charge in [-0.3, -0.25) is 9.59 Å². The Labute approximate surface area is 195 Å². The van der Waals surface area contributed by atoms with Gasteiger partial charge >= 0.3 is 0 Å². The molecule has 0 aliphatic carbocycles. The lowest BCUT2D eigenvalue weighted by molar-refractivity contribution is -0.126. The number of benzene rings is 2. The molecular formula is C25H31N3O4S. The fourth-order valence-electron chi connectivity index (χ4n) is 4.81. The Morgan fingerprint density at radius 1 is 1.12 bits per heavy atom. The molecule has 2 atom stereocenters. The van der Waals surface area contributed by atoms with Gasteiger partial charge in [0.2, 0.25) is 21.8 Å². The van der Waals surface area contributed by atoms with Crippen LogP contribution in [0.5, 0.6) is 0 Å². The van der Waals surface area contributed by atoms with E-state index in [1.165, 1.54) is 11.2 Å². The number of carbonyl (C=O) groups excluding carboxylic acids is 2. The Bertz CT molecular complexity index is 1160. The second kappa shape index (κ2) is 9.27. The van der Waals surface area contributed by atoms with Crippen molar-refractivity contribution >= 4 is 27.5 Å². The van der Waals surface area contributed by atoms with Crippen LogP contribution in [0.3, 0.4) is 0 Å². The molecule has 2 heterocycles. The van der Waals surface area contributed by atoms with Crippen molar-refractivity contribution in [1.29, 1.82) is 0 Å². The fourth-order valence-corrected chi connectivity index (χ4v) is 6.39. The number of fused-ring (bicyclic) bond motifs is 1. The van der Waals surface area contributed by atoms with E-state index in [1.54, 1.807) is 23.1 Å². The molecule has 0 saturated carbocycles. The molecule has 176 valence electrons. The molecule has 1 fully saturated rings. The SMILES string of the molecule is CC(=O)N1c2ccc(S(=O)(=O)N3CCC[C@@H](C(=O)NCc4ccc(C)cc4)C3)cc2C[C@H]1C. The predicted molar refractivity (Wildman–Crippen MR) is 127 cm³/mol. The van der Waals surface area contributed by atoms with Crippen LogP contribution in [0.25, 0.3) is 0 Å². The highest BCUT2D eigenvalue weighted by Gasteiger charge is 2.35. The van der Waals surface area contributed by atoms with E-state index in [-0.39, 0.29) is 35.2 Å². The fraction of sp³-hybridized carbons (Fsp3) is 0.440. The zero-order chi connectivity index (χ0) is 23.8. The van der Waals surface area contributed by atoms with E-state index in [2.05, 4.69) is 5.32 Å². The summed E-state index contributed by atoms with van der Waals surface area (Å²) in [6, 6.07) is 13.0. The van der Waals surface area contributed by atoms with Gasteiger partial charge in [0, 0.05) is 38.3 Å². The molecule has 2 aliphatic heterocycles. The lowest BCUT2D eigenvalue weighted by atomic mass is 9.98. The number of sulfonamides is 1.